The molecule has 5 heteroatoms. The number of hydrogen-bond donors (Lipinski definition) is 5. The van der Waals surface area contributed by atoms with Crippen molar-refractivity contribution in [3.63, 3.8) is 0 Å². The Balaban J connectivity index is 1.95. The summed E-state index contributed by atoms with van der Waals surface area (Å²) in [5.74, 6) is -0.958. The van der Waals surface area contributed by atoms with Crippen molar-refractivity contribution < 1.29 is 25.5 Å². The van der Waals surface area contributed by atoms with Gasteiger partial charge in [-0.15, -0.1) is 0 Å². The van der Waals surface area contributed by atoms with Crippen molar-refractivity contribution in [3.8, 4) is 39.5 Å². The van der Waals surface area contributed by atoms with Crippen LogP contribution < -0.4 is 0 Å². The van der Waals surface area contributed by atoms with Gasteiger partial charge >= 0.3 is 0 Å². The molecule has 0 radical (unpaired) electrons. The minimum absolute atomic E-state index is 0.0496. The maximum atomic E-state index is 11.9. The maximum absolute atomic E-state index is 11.9. The van der Waals surface area contributed by atoms with Crippen LogP contribution in [0.4, 0.5) is 0 Å². The number of aliphatic hydroxyl groups is 2. The number of benzene rings is 5. The number of phenolic OH excluding ortho intramolecular Hbond substituents is 3. The lowest BCUT2D eigenvalue weighted by Crippen LogP contribution is -2.01. The lowest BCUT2D eigenvalue weighted by Gasteiger charge is -2.24. The Morgan fingerprint density at radius 2 is 1.41 bits per heavy atom. The highest BCUT2D eigenvalue weighted by Crippen LogP contribution is 2.54. The fraction of sp³-hybridized carbons (Fsp3) is 0.128. The van der Waals surface area contributed by atoms with Crippen LogP contribution >= 0.6 is 0 Å². The summed E-state index contributed by atoms with van der Waals surface area (Å²) in [4.78, 5) is 0. The summed E-state index contributed by atoms with van der Waals surface area (Å²) in [6.07, 6.45) is 10.4. The van der Waals surface area contributed by atoms with Crippen LogP contribution in [-0.4, -0.2) is 25.5 Å². The zero-order valence-electron chi connectivity index (χ0n) is 24.9. The summed E-state index contributed by atoms with van der Waals surface area (Å²) >= 11 is 0. The molecule has 0 bridgehead atoms. The molecule has 222 valence electrons. The number of rotatable bonds is 9. The van der Waals surface area contributed by atoms with E-state index in [0.29, 0.717) is 28.7 Å². The largest absolute Gasteiger partial charge is 0.516 e. The molecule has 0 heterocycles. The quantitative estimate of drug-likeness (QED) is 0.0674. The van der Waals surface area contributed by atoms with Gasteiger partial charge in [0.05, 0.1) is 17.6 Å². The van der Waals surface area contributed by atoms with E-state index in [4.69, 9.17) is 0 Å². The van der Waals surface area contributed by atoms with Crippen LogP contribution in [0.1, 0.15) is 42.5 Å². The Hall–Kier alpha value is -5.42. The van der Waals surface area contributed by atoms with Crippen molar-refractivity contribution in [2.45, 2.75) is 33.1 Å². The van der Waals surface area contributed by atoms with Crippen LogP contribution in [0.3, 0.4) is 0 Å². The highest BCUT2D eigenvalue weighted by atomic mass is 16.3. The fourth-order valence-electron chi connectivity index (χ4n) is 6.12. The predicted octanol–water partition coefficient (Wildman–Crippen LogP) is 10.1. The average Bonchev–Trinajstić information content (AvgIpc) is 3.03. The van der Waals surface area contributed by atoms with Crippen LogP contribution in [0.25, 0.3) is 56.0 Å². The molecule has 5 nitrogen and oxygen atoms in total. The Morgan fingerprint density at radius 3 is 2.07 bits per heavy atom. The van der Waals surface area contributed by atoms with Gasteiger partial charge in [-0.2, -0.15) is 0 Å². The van der Waals surface area contributed by atoms with E-state index in [1.54, 1.807) is 12.2 Å². The monoisotopic (exact) mass is 584 g/mol. The van der Waals surface area contributed by atoms with E-state index in [-0.39, 0.29) is 35.7 Å². The van der Waals surface area contributed by atoms with Crippen molar-refractivity contribution in [1.82, 2.24) is 0 Å². The summed E-state index contributed by atoms with van der Waals surface area (Å²) in [6.45, 7) is 7.62. The molecule has 0 spiro atoms. The maximum Gasteiger partial charge on any atom is 0.169 e. The van der Waals surface area contributed by atoms with Gasteiger partial charge in [-0.05, 0) is 89.1 Å². The van der Waals surface area contributed by atoms with Gasteiger partial charge in [0.2, 0.25) is 0 Å². The van der Waals surface area contributed by atoms with Crippen molar-refractivity contribution >= 4 is 33.7 Å². The molecule has 0 atom stereocenters. The van der Waals surface area contributed by atoms with Gasteiger partial charge in [0, 0.05) is 16.7 Å². The molecule has 0 aromatic heterocycles. The van der Waals surface area contributed by atoms with Gasteiger partial charge < -0.3 is 25.5 Å². The van der Waals surface area contributed by atoms with Gasteiger partial charge in [-0.3, -0.25) is 0 Å². The molecule has 0 fully saturated rings. The molecule has 0 unspecified atom stereocenters. The van der Waals surface area contributed by atoms with E-state index in [2.05, 4.69) is 30.8 Å². The van der Waals surface area contributed by atoms with Gasteiger partial charge in [0.15, 0.2) is 11.5 Å². The SMILES string of the molecule is C=Cc1c(/C=C\C)c(-c2cccc3ccccc23)c2ccccc2c1-c1c(O)c(O)c(C/C=C(\C)O)c(CC/C=C/O)c1O. The van der Waals surface area contributed by atoms with Crippen molar-refractivity contribution in [2.75, 3.05) is 0 Å². The molecule has 5 N–H and O–H groups in total. The molecule has 0 amide bonds. The molecule has 0 aliphatic carbocycles. The highest BCUT2D eigenvalue weighted by molar-refractivity contribution is 6.16. The molecule has 0 saturated heterocycles. The standard InChI is InChI=1S/C39H36O5/c1-4-13-28-26(5-2)35(36-37(42)32(19-10-11-23-40)33(22-21-24(3)41)38(43)39(36)44)31-18-9-8-17-30(31)34(28)29-20-12-15-25-14-6-7-16-27(25)29/h4-9,11-18,20-21,23,40-44H,2,10,19,22H2,1,3H3/b13-4-,23-11+,24-21+. The minimum atomic E-state index is -0.458. The number of allylic oxidation sites excluding steroid dienone is 4. The fourth-order valence-corrected chi connectivity index (χ4v) is 6.12. The van der Waals surface area contributed by atoms with Gasteiger partial charge in [-0.1, -0.05) is 91.5 Å². The third kappa shape index (κ3) is 5.29. The summed E-state index contributed by atoms with van der Waals surface area (Å²) in [6, 6.07) is 22.3. The third-order valence-electron chi connectivity index (χ3n) is 8.04. The molecule has 5 rings (SSSR count). The first-order valence-corrected chi connectivity index (χ1v) is 14.6. The summed E-state index contributed by atoms with van der Waals surface area (Å²) in [5, 5.41) is 57.9. The first-order chi connectivity index (χ1) is 21.3. The molecular weight excluding hydrogens is 548 g/mol. The van der Waals surface area contributed by atoms with E-state index in [1.807, 2.05) is 61.5 Å². The lowest BCUT2D eigenvalue weighted by molar-refractivity contribution is 0.391. The topological polar surface area (TPSA) is 101 Å². The molecule has 0 saturated carbocycles. The van der Waals surface area contributed by atoms with Gasteiger partial charge in [-0.25, -0.2) is 0 Å². The highest BCUT2D eigenvalue weighted by Gasteiger charge is 2.28. The molecule has 0 aliphatic heterocycles. The molecule has 5 aromatic carbocycles. The Bertz CT molecular complexity index is 1970. The van der Waals surface area contributed by atoms with E-state index in [9.17, 15) is 25.5 Å². The Morgan fingerprint density at radius 1 is 0.750 bits per heavy atom. The number of aliphatic hydroxyl groups excluding tert-OH is 2. The van der Waals surface area contributed by atoms with Gasteiger partial charge in [0.1, 0.15) is 5.75 Å². The normalized spacial score (nSPS) is 12.2. The average molecular weight is 585 g/mol. The Labute approximate surface area is 257 Å². The zero-order chi connectivity index (χ0) is 31.4. The van der Waals surface area contributed by atoms with Gasteiger partial charge in [0.25, 0.3) is 0 Å². The van der Waals surface area contributed by atoms with E-state index in [0.717, 1.165) is 44.5 Å². The van der Waals surface area contributed by atoms with Crippen molar-refractivity contribution in [2.24, 2.45) is 0 Å². The molecule has 0 aliphatic rings. The smallest absolute Gasteiger partial charge is 0.169 e. The van der Waals surface area contributed by atoms with Crippen LogP contribution in [0, 0.1) is 0 Å². The molecule has 44 heavy (non-hydrogen) atoms. The minimum Gasteiger partial charge on any atom is -0.516 e. The first-order valence-electron chi connectivity index (χ1n) is 14.6. The second kappa shape index (κ2) is 12.8. The molecular formula is C39H36O5. The van der Waals surface area contributed by atoms with E-state index in [1.165, 1.54) is 13.0 Å². The summed E-state index contributed by atoms with van der Waals surface area (Å²) in [7, 11) is 0. The lowest BCUT2D eigenvalue weighted by atomic mass is 9.80. The Kier molecular flexibility index (Phi) is 8.77. The van der Waals surface area contributed by atoms with Crippen LogP contribution in [-0.2, 0) is 12.8 Å². The van der Waals surface area contributed by atoms with Crippen LogP contribution in [0.5, 0.6) is 17.2 Å². The summed E-state index contributed by atoms with van der Waals surface area (Å²) < 4.78 is 0. The van der Waals surface area contributed by atoms with E-state index >= 15 is 0 Å². The number of fused-ring (bicyclic) bond motifs is 2. The third-order valence-corrected chi connectivity index (χ3v) is 8.04. The van der Waals surface area contributed by atoms with Crippen molar-refractivity contribution in [1.29, 1.82) is 0 Å². The summed E-state index contributed by atoms with van der Waals surface area (Å²) in [5.41, 5.74) is 4.93. The molecule has 5 aromatic rings. The second-order valence-corrected chi connectivity index (χ2v) is 10.7. The first kappa shape index (κ1) is 30.1. The van der Waals surface area contributed by atoms with Crippen LogP contribution in [0.2, 0.25) is 0 Å². The van der Waals surface area contributed by atoms with E-state index < -0.39 is 5.75 Å². The van der Waals surface area contributed by atoms with Crippen LogP contribution in [0.15, 0.2) is 104 Å². The number of aromatic hydroxyl groups is 3. The second-order valence-electron chi connectivity index (χ2n) is 10.7. The van der Waals surface area contributed by atoms with Crippen molar-refractivity contribution in [3.05, 3.63) is 126 Å². The number of hydrogen-bond acceptors (Lipinski definition) is 5. The zero-order valence-corrected chi connectivity index (χ0v) is 24.9. The predicted molar refractivity (Wildman–Crippen MR) is 182 cm³/mol. The number of phenols is 3.